The molecule has 0 bridgehead atoms. The van der Waals surface area contributed by atoms with E-state index in [0.29, 0.717) is 22.7 Å². The molecule has 9 heteroatoms. The largest absolute Gasteiger partial charge is 0.496 e. The van der Waals surface area contributed by atoms with Gasteiger partial charge in [0.15, 0.2) is 11.6 Å². The lowest BCUT2D eigenvalue weighted by Gasteiger charge is -2.16. The molecule has 34 heavy (non-hydrogen) atoms. The topological polar surface area (TPSA) is 87.7 Å². The average molecular weight is 463 g/mol. The molecule has 172 valence electrons. The van der Waals surface area contributed by atoms with Crippen LogP contribution in [0.2, 0.25) is 0 Å². The van der Waals surface area contributed by atoms with E-state index in [-0.39, 0.29) is 22.9 Å². The third-order valence-electron chi connectivity index (χ3n) is 5.10. The fraction of sp³-hybridized carbons (Fsp3) is 0.0800. The highest BCUT2D eigenvalue weighted by molar-refractivity contribution is 6.46. The molecule has 1 aliphatic heterocycles. The van der Waals surface area contributed by atoms with Crippen molar-refractivity contribution in [1.29, 1.82) is 0 Å². The van der Waals surface area contributed by atoms with Crippen LogP contribution in [0.1, 0.15) is 12.5 Å². The highest BCUT2D eigenvalue weighted by Gasteiger charge is 2.41. The zero-order valence-corrected chi connectivity index (χ0v) is 18.2. The number of para-hydroxylation sites is 1. The molecule has 0 saturated heterocycles. The van der Waals surface area contributed by atoms with Gasteiger partial charge in [0.05, 0.1) is 18.4 Å². The Bertz CT molecular complexity index is 1340. The van der Waals surface area contributed by atoms with Gasteiger partial charge in [-0.15, -0.1) is 0 Å². The Morgan fingerprint density at radius 3 is 2.21 bits per heavy atom. The quantitative estimate of drug-likeness (QED) is 0.532. The average Bonchev–Trinajstić information content (AvgIpc) is 3.05. The first-order chi connectivity index (χ1) is 16.3. The summed E-state index contributed by atoms with van der Waals surface area (Å²) in [5.74, 6) is -3.64. The van der Waals surface area contributed by atoms with Crippen LogP contribution in [0.15, 0.2) is 72.4 Å². The van der Waals surface area contributed by atoms with Gasteiger partial charge in [-0.3, -0.25) is 14.4 Å². The number of ether oxygens (including phenoxy) is 1. The molecule has 0 unspecified atom stereocenters. The molecule has 4 rings (SSSR count). The number of methoxy groups -OCH3 is 1. The summed E-state index contributed by atoms with van der Waals surface area (Å²) in [6.07, 6.45) is 0. The fourth-order valence-corrected chi connectivity index (χ4v) is 3.59. The Morgan fingerprint density at radius 2 is 1.56 bits per heavy atom. The number of carbonyl (C=O) groups excluding carboxylic acids is 3. The number of halogens is 2. The molecule has 3 aromatic carbocycles. The maximum absolute atomic E-state index is 13.9. The Kier molecular flexibility index (Phi) is 6.09. The van der Waals surface area contributed by atoms with Gasteiger partial charge in [-0.25, -0.2) is 13.7 Å². The number of amides is 3. The van der Waals surface area contributed by atoms with Gasteiger partial charge in [-0.2, -0.15) is 0 Å². The predicted molar refractivity (Wildman–Crippen MR) is 123 cm³/mol. The third kappa shape index (κ3) is 4.23. The molecular formula is C25H19F2N3O4. The number of benzene rings is 3. The van der Waals surface area contributed by atoms with Crippen LogP contribution in [-0.2, 0) is 14.4 Å². The van der Waals surface area contributed by atoms with Gasteiger partial charge in [0.2, 0.25) is 5.91 Å². The number of rotatable bonds is 6. The van der Waals surface area contributed by atoms with Crippen LogP contribution in [0.25, 0.3) is 5.57 Å². The lowest BCUT2D eigenvalue weighted by Crippen LogP contribution is -2.32. The fourth-order valence-electron chi connectivity index (χ4n) is 3.59. The summed E-state index contributed by atoms with van der Waals surface area (Å²) >= 11 is 0. The van der Waals surface area contributed by atoms with Crippen molar-refractivity contribution >= 4 is 40.4 Å². The summed E-state index contributed by atoms with van der Waals surface area (Å²) in [6, 6.07) is 15.9. The van der Waals surface area contributed by atoms with Crippen LogP contribution >= 0.6 is 0 Å². The molecular weight excluding hydrogens is 444 g/mol. The van der Waals surface area contributed by atoms with Gasteiger partial charge >= 0.3 is 0 Å². The summed E-state index contributed by atoms with van der Waals surface area (Å²) in [7, 11) is 1.43. The van der Waals surface area contributed by atoms with E-state index >= 15 is 0 Å². The molecule has 7 nitrogen and oxygen atoms in total. The van der Waals surface area contributed by atoms with Gasteiger partial charge in [0.1, 0.15) is 11.4 Å². The first-order valence-electron chi connectivity index (χ1n) is 10.2. The number of hydrogen-bond donors (Lipinski definition) is 2. The predicted octanol–water partition coefficient (Wildman–Crippen LogP) is 4.33. The maximum atomic E-state index is 13.9. The Labute approximate surface area is 193 Å². The smallest absolute Gasteiger partial charge is 0.282 e. The number of nitrogens with zero attached hydrogens (tertiary/aromatic N) is 1. The molecule has 0 aromatic heterocycles. The van der Waals surface area contributed by atoms with Crippen molar-refractivity contribution < 1.29 is 27.9 Å². The minimum Gasteiger partial charge on any atom is -0.496 e. The molecule has 0 fully saturated rings. The lowest BCUT2D eigenvalue weighted by molar-refractivity contribution is -0.120. The minimum absolute atomic E-state index is 0.0121. The Hall–Kier alpha value is -4.53. The zero-order valence-electron chi connectivity index (χ0n) is 18.2. The standard InChI is InChI=1S/C25H19F2N3O4/c1-14(31)28-15-7-9-16(10-8-15)29-23-22(18-5-3-4-6-21(18)34-2)24(32)30(25(23)33)17-11-12-19(26)20(27)13-17/h3-13,29H,1-2H3,(H,28,31). The number of hydrogen-bond acceptors (Lipinski definition) is 5. The first kappa shape index (κ1) is 22.7. The van der Waals surface area contributed by atoms with Gasteiger partial charge < -0.3 is 15.4 Å². The number of nitrogens with one attached hydrogen (secondary N) is 2. The van der Waals surface area contributed by atoms with Crippen molar-refractivity contribution in [2.45, 2.75) is 6.92 Å². The van der Waals surface area contributed by atoms with E-state index < -0.39 is 23.4 Å². The van der Waals surface area contributed by atoms with Gasteiger partial charge in [-0.1, -0.05) is 18.2 Å². The molecule has 0 aliphatic carbocycles. The van der Waals surface area contributed by atoms with Crippen LogP contribution < -0.4 is 20.3 Å². The van der Waals surface area contributed by atoms with Crippen molar-refractivity contribution in [3.05, 3.63) is 89.6 Å². The number of imide groups is 1. The van der Waals surface area contributed by atoms with Crippen LogP contribution in [0.3, 0.4) is 0 Å². The molecule has 3 amide bonds. The maximum Gasteiger partial charge on any atom is 0.282 e. The van der Waals surface area contributed by atoms with E-state index in [0.717, 1.165) is 23.1 Å². The van der Waals surface area contributed by atoms with E-state index in [1.807, 2.05) is 0 Å². The van der Waals surface area contributed by atoms with Crippen molar-refractivity contribution in [3.63, 3.8) is 0 Å². The Balaban J connectivity index is 1.80. The van der Waals surface area contributed by atoms with Crippen LogP contribution in [-0.4, -0.2) is 24.8 Å². The molecule has 2 N–H and O–H groups in total. The monoisotopic (exact) mass is 463 g/mol. The summed E-state index contributed by atoms with van der Waals surface area (Å²) < 4.78 is 32.7. The normalized spacial score (nSPS) is 13.4. The number of anilines is 3. The molecule has 0 atom stereocenters. The van der Waals surface area contributed by atoms with Crippen LogP contribution in [0.4, 0.5) is 25.8 Å². The highest BCUT2D eigenvalue weighted by Crippen LogP contribution is 2.37. The molecule has 1 aliphatic rings. The first-order valence-corrected chi connectivity index (χ1v) is 10.2. The summed E-state index contributed by atoms with van der Waals surface area (Å²) in [6.45, 7) is 1.38. The van der Waals surface area contributed by atoms with E-state index in [4.69, 9.17) is 4.74 Å². The summed E-state index contributed by atoms with van der Waals surface area (Å²) in [4.78, 5) is 38.9. The van der Waals surface area contributed by atoms with Crippen molar-refractivity contribution in [1.82, 2.24) is 0 Å². The van der Waals surface area contributed by atoms with Crippen LogP contribution in [0.5, 0.6) is 5.75 Å². The molecule has 0 saturated carbocycles. The molecule has 3 aromatic rings. The van der Waals surface area contributed by atoms with Crippen molar-refractivity contribution in [3.8, 4) is 5.75 Å². The van der Waals surface area contributed by atoms with E-state index in [2.05, 4.69) is 10.6 Å². The summed E-state index contributed by atoms with van der Waals surface area (Å²) in [5.41, 5.74) is 1.20. The van der Waals surface area contributed by atoms with Crippen LogP contribution in [0, 0.1) is 11.6 Å². The Morgan fingerprint density at radius 1 is 0.882 bits per heavy atom. The minimum atomic E-state index is -1.19. The van der Waals surface area contributed by atoms with Crippen molar-refractivity contribution in [2.75, 3.05) is 22.6 Å². The zero-order chi connectivity index (χ0) is 24.4. The molecule has 0 spiro atoms. The summed E-state index contributed by atoms with van der Waals surface area (Å²) in [5, 5.41) is 5.60. The second-order valence-corrected chi connectivity index (χ2v) is 7.38. The van der Waals surface area contributed by atoms with E-state index in [9.17, 15) is 23.2 Å². The molecule has 0 radical (unpaired) electrons. The van der Waals surface area contributed by atoms with Gasteiger partial charge in [0.25, 0.3) is 11.8 Å². The van der Waals surface area contributed by atoms with Gasteiger partial charge in [-0.05, 0) is 42.5 Å². The lowest BCUT2D eigenvalue weighted by atomic mass is 10.0. The van der Waals surface area contributed by atoms with E-state index in [1.54, 1.807) is 48.5 Å². The SMILES string of the molecule is COc1ccccc1C1=C(Nc2ccc(NC(C)=O)cc2)C(=O)N(c2ccc(F)c(F)c2)C1=O. The molecule has 1 heterocycles. The van der Waals surface area contributed by atoms with Gasteiger partial charge in [0, 0.05) is 29.9 Å². The number of carbonyl (C=O) groups is 3. The second-order valence-electron chi connectivity index (χ2n) is 7.38. The third-order valence-corrected chi connectivity index (χ3v) is 5.10. The van der Waals surface area contributed by atoms with Crippen molar-refractivity contribution in [2.24, 2.45) is 0 Å². The van der Waals surface area contributed by atoms with E-state index in [1.165, 1.54) is 14.0 Å². The second kappa shape index (κ2) is 9.14. The highest BCUT2D eigenvalue weighted by atomic mass is 19.2.